The Morgan fingerprint density at radius 2 is 1.91 bits per heavy atom. The Labute approximate surface area is 219 Å². The minimum Gasteiger partial charge on any atom is -0.494 e. The lowest BCUT2D eigenvalue weighted by molar-refractivity contribution is 0.0357. The maximum absolute atomic E-state index is 12.9. The zero-order valence-electron chi connectivity index (χ0n) is 20.2. The average Bonchev–Trinajstić information content (AvgIpc) is 3.28. The molecule has 9 heteroatoms. The van der Waals surface area contributed by atoms with Crippen molar-refractivity contribution in [2.45, 2.75) is 45.8 Å². The normalized spacial score (nSPS) is 11.8. The van der Waals surface area contributed by atoms with Crippen LogP contribution < -0.4 is 10.5 Å². The van der Waals surface area contributed by atoms with Gasteiger partial charge in [0.15, 0.2) is 0 Å². The molecule has 0 radical (unpaired) electrons. The van der Waals surface area contributed by atoms with Crippen LogP contribution in [0.3, 0.4) is 0 Å². The molecule has 2 N–H and O–H groups in total. The third-order valence-electron chi connectivity index (χ3n) is 4.70. The second-order valence-electron chi connectivity index (χ2n) is 8.81. The zero-order chi connectivity index (χ0) is 25.3. The molecule has 0 atom stereocenters. The minimum atomic E-state index is -0.665. The highest BCUT2D eigenvalue weighted by Crippen LogP contribution is 2.29. The molecule has 0 spiro atoms. The number of guanidine groups is 1. The molecule has 0 unspecified atom stereocenters. The van der Waals surface area contributed by atoms with Crippen molar-refractivity contribution in [3.63, 3.8) is 0 Å². The number of aromatic nitrogens is 1. The van der Waals surface area contributed by atoms with E-state index in [9.17, 15) is 4.79 Å². The van der Waals surface area contributed by atoms with E-state index in [1.54, 1.807) is 0 Å². The Bertz CT molecular complexity index is 1130. The Kier molecular flexibility index (Phi) is 9.68. The van der Waals surface area contributed by atoms with Crippen molar-refractivity contribution in [1.29, 1.82) is 0 Å². The molecule has 0 aliphatic heterocycles. The SMILES string of the molecule is CC(C)(C)OC(=O)N(Cc1ccccc1)/C(N)=N/c1nc(-c2cccc(OCCCCBr)c2)cs1. The number of halogens is 1. The fraction of sp³-hybridized carbons (Fsp3) is 0.346. The van der Waals surface area contributed by atoms with Gasteiger partial charge in [-0.25, -0.2) is 14.7 Å². The molecule has 1 aromatic heterocycles. The van der Waals surface area contributed by atoms with Gasteiger partial charge in [-0.2, -0.15) is 4.99 Å². The van der Waals surface area contributed by atoms with Gasteiger partial charge in [0.1, 0.15) is 11.4 Å². The Balaban J connectivity index is 1.78. The molecule has 3 aromatic rings. The second-order valence-corrected chi connectivity index (χ2v) is 10.4. The van der Waals surface area contributed by atoms with E-state index in [1.165, 1.54) is 16.2 Å². The van der Waals surface area contributed by atoms with Crippen LogP contribution in [0.15, 0.2) is 65.0 Å². The lowest BCUT2D eigenvalue weighted by atomic mass is 10.2. The number of amides is 1. The second kappa shape index (κ2) is 12.7. The van der Waals surface area contributed by atoms with Crippen molar-refractivity contribution in [3.8, 4) is 17.0 Å². The number of hydrogen-bond donors (Lipinski definition) is 1. The number of thiazole rings is 1. The molecule has 2 aromatic carbocycles. The highest BCUT2D eigenvalue weighted by molar-refractivity contribution is 9.09. The fourth-order valence-electron chi connectivity index (χ4n) is 3.06. The van der Waals surface area contributed by atoms with E-state index in [0.29, 0.717) is 11.7 Å². The molecule has 1 heterocycles. The van der Waals surface area contributed by atoms with Crippen molar-refractivity contribution in [1.82, 2.24) is 9.88 Å². The molecule has 0 fully saturated rings. The van der Waals surface area contributed by atoms with E-state index in [1.807, 2.05) is 80.7 Å². The number of carbonyl (C=O) groups excluding carboxylic acids is 1. The monoisotopic (exact) mass is 558 g/mol. The van der Waals surface area contributed by atoms with Crippen LogP contribution in [0.25, 0.3) is 11.3 Å². The molecule has 186 valence electrons. The van der Waals surface area contributed by atoms with Crippen LogP contribution in [0, 0.1) is 0 Å². The first kappa shape index (κ1) is 26.7. The van der Waals surface area contributed by atoms with Gasteiger partial charge in [-0.15, -0.1) is 11.3 Å². The molecule has 1 amide bonds. The van der Waals surface area contributed by atoms with Gasteiger partial charge in [-0.05, 0) is 51.3 Å². The predicted molar refractivity (Wildman–Crippen MR) is 146 cm³/mol. The summed E-state index contributed by atoms with van der Waals surface area (Å²) in [5, 5.41) is 3.33. The third kappa shape index (κ3) is 8.67. The molecule has 0 bridgehead atoms. The first-order chi connectivity index (χ1) is 16.7. The van der Waals surface area contributed by atoms with Gasteiger partial charge < -0.3 is 15.2 Å². The van der Waals surface area contributed by atoms with Crippen molar-refractivity contribution in [2.75, 3.05) is 11.9 Å². The summed E-state index contributed by atoms with van der Waals surface area (Å²) in [6.07, 6.45) is 1.49. The number of benzene rings is 2. The number of nitrogens with zero attached hydrogens (tertiary/aromatic N) is 3. The maximum Gasteiger partial charge on any atom is 0.417 e. The quantitative estimate of drug-likeness (QED) is 0.136. The summed E-state index contributed by atoms with van der Waals surface area (Å²) in [5.74, 6) is 0.821. The molecule has 7 nitrogen and oxygen atoms in total. The van der Waals surface area contributed by atoms with Crippen molar-refractivity contribution < 1.29 is 14.3 Å². The van der Waals surface area contributed by atoms with Gasteiger partial charge in [-0.3, -0.25) is 0 Å². The number of ether oxygens (including phenoxy) is 2. The molecule has 0 saturated heterocycles. The van der Waals surface area contributed by atoms with Gasteiger partial charge in [-0.1, -0.05) is 58.4 Å². The van der Waals surface area contributed by atoms with E-state index in [-0.39, 0.29) is 12.5 Å². The first-order valence-electron chi connectivity index (χ1n) is 11.4. The summed E-state index contributed by atoms with van der Waals surface area (Å²) in [5.41, 5.74) is 8.22. The summed E-state index contributed by atoms with van der Waals surface area (Å²) < 4.78 is 11.4. The lowest BCUT2D eigenvalue weighted by Crippen LogP contribution is -2.44. The molecule has 3 rings (SSSR count). The Morgan fingerprint density at radius 3 is 2.63 bits per heavy atom. The lowest BCUT2D eigenvalue weighted by Gasteiger charge is -2.26. The van der Waals surface area contributed by atoms with Gasteiger partial charge in [0, 0.05) is 16.3 Å². The minimum absolute atomic E-state index is 0.0212. The van der Waals surface area contributed by atoms with Crippen LogP contribution >= 0.6 is 27.3 Å². The maximum atomic E-state index is 12.9. The summed E-state index contributed by atoms with van der Waals surface area (Å²) in [6.45, 7) is 6.33. The largest absolute Gasteiger partial charge is 0.494 e. The van der Waals surface area contributed by atoms with E-state index in [2.05, 4.69) is 25.9 Å². The zero-order valence-corrected chi connectivity index (χ0v) is 22.6. The topological polar surface area (TPSA) is 90.0 Å². The van der Waals surface area contributed by atoms with Gasteiger partial charge in [0.05, 0.1) is 18.8 Å². The summed E-state index contributed by atoms with van der Waals surface area (Å²) >= 11 is 4.78. The van der Waals surface area contributed by atoms with Gasteiger partial charge in [0.25, 0.3) is 0 Å². The van der Waals surface area contributed by atoms with Crippen molar-refractivity contribution in [2.24, 2.45) is 10.7 Å². The van der Waals surface area contributed by atoms with Crippen LogP contribution in [-0.2, 0) is 11.3 Å². The highest BCUT2D eigenvalue weighted by atomic mass is 79.9. The van der Waals surface area contributed by atoms with Crippen LogP contribution in [0.1, 0.15) is 39.2 Å². The Hall–Kier alpha value is -2.91. The average molecular weight is 560 g/mol. The molecule has 0 aliphatic rings. The van der Waals surface area contributed by atoms with Crippen LogP contribution in [0.2, 0.25) is 0 Å². The van der Waals surface area contributed by atoms with Crippen LogP contribution in [-0.4, -0.2) is 39.5 Å². The highest BCUT2D eigenvalue weighted by Gasteiger charge is 2.25. The number of nitrogens with two attached hydrogens (primary N) is 1. The first-order valence-corrected chi connectivity index (χ1v) is 13.4. The number of alkyl halides is 1. The molecule has 0 aliphatic carbocycles. The van der Waals surface area contributed by atoms with Crippen LogP contribution in [0.5, 0.6) is 5.75 Å². The molecular weight excluding hydrogens is 528 g/mol. The smallest absolute Gasteiger partial charge is 0.417 e. The van der Waals surface area contributed by atoms with E-state index in [4.69, 9.17) is 15.2 Å². The van der Waals surface area contributed by atoms with E-state index < -0.39 is 11.7 Å². The van der Waals surface area contributed by atoms with Crippen LogP contribution in [0.4, 0.5) is 9.93 Å². The van der Waals surface area contributed by atoms with Crippen molar-refractivity contribution >= 4 is 44.5 Å². The van der Waals surface area contributed by atoms with Gasteiger partial charge >= 0.3 is 6.09 Å². The third-order valence-corrected chi connectivity index (χ3v) is 6.00. The van der Waals surface area contributed by atoms with E-state index in [0.717, 1.165) is 40.7 Å². The number of aliphatic imine (C=N–C) groups is 1. The standard InChI is InChI=1S/C26H31BrN4O3S/c1-26(2,3)34-25(32)31(17-19-10-5-4-6-11-19)23(28)30-24-29-22(18-35-24)20-12-9-13-21(16-20)33-15-8-7-14-27/h4-6,9-13,16,18H,7-8,14-15,17H2,1-3H3,(H2,28,29,30). The molecule has 0 saturated carbocycles. The molecule has 35 heavy (non-hydrogen) atoms. The number of carbonyl (C=O) groups is 1. The van der Waals surface area contributed by atoms with Crippen molar-refractivity contribution in [3.05, 3.63) is 65.5 Å². The van der Waals surface area contributed by atoms with Gasteiger partial charge in [0.2, 0.25) is 11.1 Å². The Morgan fingerprint density at radius 1 is 1.14 bits per heavy atom. The summed E-state index contributed by atoms with van der Waals surface area (Å²) in [6, 6.07) is 17.4. The molecular formula is C26H31BrN4O3S. The predicted octanol–water partition coefficient (Wildman–Crippen LogP) is 6.75. The fourth-order valence-corrected chi connectivity index (χ4v) is 4.16. The van der Waals surface area contributed by atoms with E-state index >= 15 is 0 Å². The summed E-state index contributed by atoms with van der Waals surface area (Å²) in [7, 11) is 0. The number of rotatable bonds is 9. The number of unbranched alkanes of at least 4 members (excludes halogenated alkanes) is 1. The summed E-state index contributed by atoms with van der Waals surface area (Å²) in [4.78, 5) is 23.3. The number of hydrogen-bond acceptors (Lipinski definition) is 6.